The van der Waals surface area contributed by atoms with Gasteiger partial charge in [0.25, 0.3) is 0 Å². The standard InChI is InChI=1S/C12H16N2O5/c1-6(15)17-4-7-5-18-11-8(13)3-9(16-2)10(14)12(11)19-7/h3,7H,4-5,13-14H2,1-2H3. The van der Waals surface area contributed by atoms with E-state index in [4.69, 9.17) is 30.4 Å². The molecular weight excluding hydrogens is 252 g/mol. The molecule has 19 heavy (non-hydrogen) atoms. The highest BCUT2D eigenvalue weighted by Gasteiger charge is 2.28. The van der Waals surface area contributed by atoms with Crippen LogP contribution >= 0.6 is 0 Å². The van der Waals surface area contributed by atoms with Crippen LogP contribution in [0.4, 0.5) is 11.4 Å². The van der Waals surface area contributed by atoms with Gasteiger partial charge in [-0.3, -0.25) is 4.79 Å². The van der Waals surface area contributed by atoms with Crippen molar-refractivity contribution in [1.29, 1.82) is 0 Å². The Hall–Kier alpha value is -2.31. The van der Waals surface area contributed by atoms with Gasteiger partial charge in [0.15, 0.2) is 17.6 Å². The smallest absolute Gasteiger partial charge is 0.302 e. The fourth-order valence-corrected chi connectivity index (χ4v) is 1.75. The molecule has 7 nitrogen and oxygen atoms in total. The lowest BCUT2D eigenvalue weighted by atomic mass is 10.2. The lowest BCUT2D eigenvalue weighted by Crippen LogP contribution is -2.34. The molecule has 104 valence electrons. The summed E-state index contributed by atoms with van der Waals surface area (Å²) in [4.78, 5) is 10.8. The average molecular weight is 268 g/mol. The van der Waals surface area contributed by atoms with Gasteiger partial charge in [0, 0.05) is 13.0 Å². The van der Waals surface area contributed by atoms with Gasteiger partial charge in [-0.1, -0.05) is 0 Å². The van der Waals surface area contributed by atoms with Gasteiger partial charge < -0.3 is 30.4 Å². The van der Waals surface area contributed by atoms with E-state index in [1.807, 2.05) is 0 Å². The Morgan fingerprint density at radius 1 is 1.47 bits per heavy atom. The van der Waals surface area contributed by atoms with E-state index in [2.05, 4.69) is 0 Å². The molecule has 0 saturated carbocycles. The summed E-state index contributed by atoms with van der Waals surface area (Å²) in [6.45, 7) is 1.65. The summed E-state index contributed by atoms with van der Waals surface area (Å²) in [5, 5.41) is 0. The van der Waals surface area contributed by atoms with Gasteiger partial charge in [-0.15, -0.1) is 0 Å². The third-order valence-electron chi connectivity index (χ3n) is 2.66. The molecule has 0 bridgehead atoms. The molecule has 1 aliphatic heterocycles. The van der Waals surface area contributed by atoms with E-state index in [1.165, 1.54) is 14.0 Å². The first-order chi connectivity index (χ1) is 9.02. The number of methoxy groups -OCH3 is 1. The quantitative estimate of drug-likeness (QED) is 0.609. The van der Waals surface area contributed by atoms with E-state index >= 15 is 0 Å². The Bertz CT molecular complexity index is 503. The van der Waals surface area contributed by atoms with Crippen LogP contribution in [0.1, 0.15) is 6.92 Å². The number of carbonyl (C=O) groups is 1. The minimum atomic E-state index is -0.426. The number of nitrogens with two attached hydrogens (primary N) is 2. The van der Waals surface area contributed by atoms with Gasteiger partial charge in [0.05, 0.1) is 12.8 Å². The molecule has 1 aromatic carbocycles. The minimum absolute atomic E-state index is 0.0886. The SMILES string of the molecule is COc1cc(N)c2c(c1N)OC(COC(C)=O)CO2. The van der Waals surface area contributed by atoms with E-state index in [9.17, 15) is 4.79 Å². The predicted molar refractivity (Wildman–Crippen MR) is 68.4 cm³/mol. The van der Waals surface area contributed by atoms with Crippen LogP contribution in [0.3, 0.4) is 0 Å². The third-order valence-corrected chi connectivity index (χ3v) is 2.66. The molecule has 0 radical (unpaired) electrons. The zero-order valence-corrected chi connectivity index (χ0v) is 10.8. The Kier molecular flexibility index (Phi) is 3.55. The van der Waals surface area contributed by atoms with Crippen molar-refractivity contribution in [2.45, 2.75) is 13.0 Å². The number of esters is 1. The highest BCUT2D eigenvalue weighted by atomic mass is 16.6. The summed E-state index contributed by atoms with van der Waals surface area (Å²) in [5.41, 5.74) is 12.4. The second-order valence-electron chi connectivity index (χ2n) is 4.09. The molecule has 0 saturated heterocycles. The number of benzene rings is 1. The Balaban J connectivity index is 2.23. The molecule has 1 heterocycles. The highest BCUT2D eigenvalue weighted by molar-refractivity contribution is 5.77. The molecule has 0 aromatic heterocycles. The van der Waals surface area contributed by atoms with E-state index in [0.717, 1.165) is 0 Å². The maximum absolute atomic E-state index is 10.8. The Morgan fingerprint density at radius 2 is 2.21 bits per heavy atom. The zero-order valence-electron chi connectivity index (χ0n) is 10.8. The Morgan fingerprint density at radius 3 is 2.84 bits per heavy atom. The lowest BCUT2D eigenvalue weighted by molar-refractivity contribution is -0.144. The topological polar surface area (TPSA) is 106 Å². The zero-order chi connectivity index (χ0) is 14.0. The van der Waals surface area contributed by atoms with Crippen molar-refractivity contribution < 1.29 is 23.7 Å². The summed E-state index contributed by atoms with van der Waals surface area (Å²) < 4.78 is 21.1. The predicted octanol–water partition coefficient (Wildman–Crippen LogP) is 0.562. The monoisotopic (exact) mass is 268 g/mol. The summed E-state index contributed by atoms with van der Waals surface area (Å²) in [7, 11) is 1.48. The number of hydrogen-bond acceptors (Lipinski definition) is 7. The molecule has 2 rings (SSSR count). The fourth-order valence-electron chi connectivity index (χ4n) is 1.75. The van der Waals surface area contributed by atoms with Crippen molar-refractivity contribution in [3.05, 3.63) is 6.07 Å². The van der Waals surface area contributed by atoms with Crippen molar-refractivity contribution in [3.63, 3.8) is 0 Å². The van der Waals surface area contributed by atoms with Crippen LogP contribution in [-0.4, -0.2) is 32.4 Å². The van der Waals surface area contributed by atoms with Gasteiger partial charge >= 0.3 is 5.97 Å². The van der Waals surface area contributed by atoms with Crippen molar-refractivity contribution in [3.8, 4) is 17.2 Å². The van der Waals surface area contributed by atoms with Crippen molar-refractivity contribution >= 4 is 17.3 Å². The first-order valence-corrected chi connectivity index (χ1v) is 5.71. The number of carbonyl (C=O) groups excluding carboxylic acids is 1. The first-order valence-electron chi connectivity index (χ1n) is 5.71. The van der Waals surface area contributed by atoms with Gasteiger partial charge in [0.1, 0.15) is 24.7 Å². The van der Waals surface area contributed by atoms with Crippen molar-refractivity contribution in [2.24, 2.45) is 0 Å². The molecule has 0 amide bonds. The number of fused-ring (bicyclic) bond motifs is 1. The minimum Gasteiger partial charge on any atom is -0.494 e. The number of anilines is 2. The first kappa shape index (κ1) is 13.1. The maximum atomic E-state index is 10.8. The molecule has 0 spiro atoms. The number of nitrogen functional groups attached to an aromatic ring is 2. The highest BCUT2D eigenvalue weighted by Crippen LogP contribution is 2.46. The maximum Gasteiger partial charge on any atom is 0.302 e. The van der Waals surface area contributed by atoms with Crippen LogP contribution in [0.25, 0.3) is 0 Å². The van der Waals surface area contributed by atoms with Gasteiger partial charge in [-0.25, -0.2) is 0 Å². The van der Waals surface area contributed by atoms with E-state index in [-0.39, 0.29) is 19.2 Å². The normalized spacial score (nSPS) is 16.8. The average Bonchev–Trinajstić information content (AvgIpc) is 2.40. The van der Waals surface area contributed by atoms with Crippen LogP contribution in [0.15, 0.2) is 6.07 Å². The second-order valence-corrected chi connectivity index (χ2v) is 4.09. The molecule has 0 aliphatic carbocycles. The largest absolute Gasteiger partial charge is 0.494 e. The van der Waals surface area contributed by atoms with Crippen LogP contribution in [-0.2, 0) is 9.53 Å². The molecule has 1 aliphatic rings. The van der Waals surface area contributed by atoms with E-state index in [1.54, 1.807) is 6.07 Å². The summed E-state index contributed by atoms with van der Waals surface area (Å²) in [6.07, 6.45) is -0.426. The second kappa shape index (κ2) is 5.13. The lowest BCUT2D eigenvalue weighted by Gasteiger charge is -2.28. The molecule has 7 heteroatoms. The summed E-state index contributed by atoms with van der Waals surface area (Å²) >= 11 is 0. The van der Waals surface area contributed by atoms with E-state index in [0.29, 0.717) is 28.6 Å². The number of ether oxygens (including phenoxy) is 4. The van der Waals surface area contributed by atoms with Crippen LogP contribution < -0.4 is 25.7 Å². The van der Waals surface area contributed by atoms with Crippen LogP contribution in [0.2, 0.25) is 0 Å². The molecular formula is C12H16N2O5. The van der Waals surface area contributed by atoms with E-state index < -0.39 is 6.10 Å². The van der Waals surface area contributed by atoms with Gasteiger partial charge in [0.2, 0.25) is 0 Å². The number of rotatable bonds is 3. The summed E-state index contributed by atoms with van der Waals surface area (Å²) in [6, 6.07) is 1.57. The molecule has 1 unspecified atom stereocenters. The van der Waals surface area contributed by atoms with Crippen molar-refractivity contribution in [1.82, 2.24) is 0 Å². The van der Waals surface area contributed by atoms with Crippen LogP contribution in [0, 0.1) is 0 Å². The number of hydrogen-bond donors (Lipinski definition) is 2. The van der Waals surface area contributed by atoms with Gasteiger partial charge in [-0.2, -0.15) is 0 Å². The summed E-state index contributed by atoms with van der Waals surface area (Å²) in [5.74, 6) is 0.734. The fraction of sp³-hybridized carbons (Fsp3) is 0.417. The Labute approximate surface area is 110 Å². The molecule has 1 atom stereocenters. The van der Waals surface area contributed by atoms with Gasteiger partial charge in [-0.05, 0) is 0 Å². The van der Waals surface area contributed by atoms with Crippen LogP contribution in [0.5, 0.6) is 17.2 Å². The van der Waals surface area contributed by atoms with Crippen molar-refractivity contribution in [2.75, 3.05) is 31.8 Å². The molecule has 0 fully saturated rings. The third kappa shape index (κ3) is 2.59. The molecule has 4 N–H and O–H groups in total. The molecule has 1 aromatic rings.